The van der Waals surface area contributed by atoms with Gasteiger partial charge >= 0.3 is 18.1 Å². The predicted molar refractivity (Wildman–Crippen MR) is 195 cm³/mol. The highest BCUT2D eigenvalue weighted by Crippen LogP contribution is 2.34. The first-order valence-electron chi connectivity index (χ1n) is 17.6. The molecule has 0 radical (unpaired) electrons. The summed E-state index contributed by atoms with van der Waals surface area (Å²) in [6.07, 6.45) is 4.68. The number of piperidine rings is 1. The molecule has 14 heteroatoms. The molecule has 0 spiro atoms. The Hall–Kier alpha value is -3.91. The summed E-state index contributed by atoms with van der Waals surface area (Å²) in [7, 11) is 3.27. The Balaban J connectivity index is 0.000000391. The molecule has 2 saturated heterocycles. The minimum atomic E-state index is -1.02. The number of carbonyl (C=O) groups is 4. The standard InChI is InChI=1S/C26H41ClN4O5.C11H13NO3/c1-28-23(14-19-6-5-12-35-18-19)16-30-25(32)31-11-4-8-21(17-31)24(20-7-3-9-22(27)15-20)36-13-10-29-26(33)34-2;1-8(13)12-10(11(14)15)7-9-5-3-2-4-6-9/h3,7,9,15,19,21,23-24,28H,4-6,8,10-14,16-18H2,1-2H3,(H,29,33)(H,30,32);2-6,10H,7H2,1H3,(H,12,13)(H,14,15)/t19-,21-,23+,24+;10-/m10/s1. The van der Waals surface area contributed by atoms with Gasteiger partial charge in [0.1, 0.15) is 6.04 Å². The number of hydrogen-bond donors (Lipinski definition) is 5. The monoisotopic (exact) mass is 731 g/mol. The number of benzene rings is 2. The molecule has 0 unspecified atom stereocenters. The Morgan fingerprint density at radius 3 is 2.49 bits per heavy atom. The molecule has 282 valence electrons. The van der Waals surface area contributed by atoms with Gasteiger partial charge in [-0.1, -0.05) is 54.1 Å². The number of likely N-dealkylation sites (N-methyl/N-ethyl adjacent to an activating group) is 1. The predicted octanol–water partition coefficient (Wildman–Crippen LogP) is 4.40. The van der Waals surface area contributed by atoms with Crippen LogP contribution in [-0.2, 0) is 30.2 Å². The number of alkyl carbamates (subject to hydrolysis) is 1. The number of likely N-dealkylation sites (tertiary alicyclic amines) is 1. The van der Waals surface area contributed by atoms with Crippen LogP contribution in [0.25, 0.3) is 0 Å². The van der Waals surface area contributed by atoms with Gasteiger partial charge in [0.25, 0.3) is 0 Å². The molecule has 2 fully saturated rings. The van der Waals surface area contributed by atoms with Gasteiger partial charge in [0.2, 0.25) is 5.91 Å². The number of aliphatic carboxylic acids is 1. The Bertz CT molecular complexity index is 1360. The fraction of sp³-hybridized carbons (Fsp3) is 0.568. The Morgan fingerprint density at radius 1 is 1.06 bits per heavy atom. The molecule has 5 atom stereocenters. The summed E-state index contributed by atoms with van der Waals surface area (Å²) >= 11 is 6.27. The van der Waals surface area contributed by atoms with E-state index in [1.165, 1.54) is 20.5 Å². The number of nitrogens with one attached hydrogen (secondary N) is 4. The highest BCUT2D eigenvalue weighted by molar-refractivity contribution is 6.30. The van der Waals surface area contributed by atoms with E-state index in [-0.39, 0.29) is 30.0 Å². The van der Waals surface area contributed by atoms with Gasteiger partial charge in [-0.25, -0.2) is 14.4 Å². The highest BCUT2D eigenvalue weighted by Gasteiger charge is 2.32. The summed E-state index contributed by atoms with van der Waals surface area (Å²) in [6.45, 7) is 5.52. The smallest absolute Gasteiger partial charge is 0.406 e. The molecule has 2 aliphatic rings. The van der Waals surface area contributed by atoms with Crippen LogP contribution in [0.5, 0.6) is 0 Å². The van der Waals surface area contributed by atoms with Crippen molar-refractivity contribution in [2.24, 2.45) is 11.8 Å². The van der Waals surface area contributed by atoms with Crippen molar-refractivity contribution in [3.05, 3.63) is 70.7 Å². The maximum absolute atomic E-state index is 13.1. The first-order valence-corrected chi connectivity index (χ1v) is 18.0. The zero-order valence-corrected chi connectivity index (χ0v) is 30.7. The van der Waals surface area contributed by atoms with Crippen LogP contribution >= 0.6 is 11.6 Å². The van der Waals surface area contributed by atoms with Crippen molar-refractivity contribution in [1.82, 2.24) is 26.2 Å². The number of carboxylic acid groups (broad SMARTS) is 1. The normalized spacial score (nSPS) is 18.9. The lowest BCUT2D eigenvalue weighted by molar-refractivity contribution is -0.141. The number of methoxy groups -OCH3 is 1. The summed E-state index contributed by atoms with van der Waals surface area (Å²) in [5.41, 5.74) is 1.86. The SMILES string of the molecule is CC(=O)N[C@@H](Cc1ccccc1)C(=O)O.CN[C@H](CNC(=O)N1CCC[C@@H]([C@@H](OCCNC(=O)OC)c2cccc(Cl)c2)C1)C[C@H]1CCCOC1. The van der Waals surface area contributed by atoms with Gasteiger partial charge in [-0.2, -0.15) is 0 Å². The van der Waals surface area contributed by atoms with Crippen LogP contribution < -0.4 is 21.3 Å². The number of carboxylic acids is 1. The molecule has 0 bridgehead atoms. The molecule has 13 nitrogen and oxygen atoms in total. The van der Waals surface area contributed by atoms with E-state index in [1.54, 1.807) is 0 Å². The van der Waals surface area contributed by atoms with Crippen molar-refractivity contribution in [1.29, 1.82) is 0 Å². The average molecular weight is 732 g/mol. The molecule has 0 saturated carbocycles. The third-order valence-electron chi connectivity index (χ3n) is 8.94. The Labute approximate surface area is 306 Å². The zero-order chi connectivity index (χ0) is 37.0. The van der Waals surface area contributed by atoms with Gasteiger partial charge in [0, 0.05) is 69.7 Å². The summed E-state index contributed by atoms with van der Waals surface area (Å²) in [5, 5.41) is 21.0. The second-order valence-electron chi connectivity index (χ2n) is 12.9. The minimum Gasteiger partial charge on any atom is -0.480 e. The van der Waals surface area contributed by atoms with E-state index >= 15 is 0 Å². The lowest BCUT2D eigenvalue weighted by Gasteiger charge is -2.37. The van der Waals surface area contributed by atoms with Crippen LogP contribution in [0, 0.1) is 11.8 Å². The number of urea groups is 1. The maximum atomic E-state index is 13.1. The first-order chi connectivity index (χ1) is 24.6. The van der Waals surface area contributed by atoms with Crippen LogP contribution in [-0.4, -0.2) is 106 Å². The molecule has 2 aromatic carbocycles. The fourth-order valence-electron chi connectivity index (χ4n) is 6.36. The second-order valence-corrected chi connectivity index (χ2v) is 13.3. The number of hydrogen-bond acceptors (Lipinski definition) is 8. The van der Waals surface area contributed by atoms with Gasteiger partial charge < -0.3 is 45.5 Å². The average Bonchev–Trinajstić information content (AvgIpc) is 3.13. The van der Waals surface area contributed by atoms with Gasteiger partial charge in [-0.05, 0) is 68.3 Å². The molecule has 4 rings (SSSR count). The Morgan fingerprint density at radius 2 is 1.84 bits per heavy atom. The number of nitrogens with zero attached hydrogens (tertiary/aromatic N) is 1. The fourth-order valence-corrected chi connectivity index (χ4v) is 6.56. The van der Waals surface area contributed by atoms with Crippen LogP contribution in [0.15, 0.2) is 54.6 Å². The third kappa shape index (κ3) is 15.5. The lowest BCUT2D eigenvalue weighted by Crippen LogP contribution is -2.50. The quantitative estimate of drug-likeness (QED) is 0.167. The second kappa shape index (κ2) is 22.8. The van der Waals surface area contributed by atoms with Crippen molar-refractivity contribution in [3.8, 4) is 0 Å². The van der Waals surface area contributed by atoms with Gasteiger partial charge in [0.05, 0.1) is 19.8 Å². The molecule has 2 aromatic rings. The summed E-state index contributed by atoms with van der Waals surface area (Å²) in [6, 6.07) is 16.1. The first kappa shape index (κ1) is 41.5. The van der Waals surface area contributed by atoms with Gasteiger partial charge in [0.15, 0.2) is 0 Å². The maximum Gasteiger partial charge on any atom is 0.406 e. The molecule has 0 aromatic heterocycles. The number of halogens is 1. The molecule has 0 aliphatic carbocycles. The molecular formula is C37H54ClN5O8. The number of carbonyl (C=O) groups excluding carboxylic acids is 3. The topological polar surface area (TPSA) is 168 Å². The van der Waals surface area contributed by atoms with E-state index in [0.717, 1.165) is 56.6 Å². The zero-order valence-electron chi connectivity index (χ0n) is 29.9. The molecule has 5 N–H and O–H groups in total. The largest absolute Gasteiger partial charge is 0.480 e. The highest BCUT2D eigenvalue weighted by atomic mass is 35.5. The van der Waals surface area contributed by atoms with Crippen molar-refractivity contribution in [2.75, 3.05) is 60.2 Å². The van der Waals surface area contributed by atoms with Crippen molar-refractivity contribution < 1.29 is 38.5 Å². The summed E-state index contributed by atoms with van der Waals surface area (Å²) < 4.78 is 16.5. The molecule has 2 aliphatic heterocycles. The minimum absolute atomic E-state index is 0.0444. The third-order valence-corrected chi connectivity index (χ3v) is 9.18. The van der Waals surface area contributed by atoms with Crippen LogP contribution in [0.3, 0.4) is 0 Å². The van der Waals surface area contributed by atoms with Crippen molar-refractivity contribution in [2.45, 2.75) is 63.6 Å². The number of amides is 4. The lowest BCUT2D eigenvalue weighted by atomic mass is 9.88. The molecule has 2 heterocycles. The number of ether oxygens (including phenoxy) is 3. The van der Waals surface area contributed by atoms with E-state index in [2.05, 4.69) is 26.0 Å². The Kier molecular flexibility index (Phi) is 18.6. The van der Waals surface area contributed by atoms with E-state index < -0.39 is 18.1 Å². The van der Waals surface area contributed by atoms with Crippen molar-refractivity contribution in [3.63, 3.8) is 0 Å². The van der Waals surface area contributed by atoms with E-state index in [9.17, 15) is 19.2 Å². The van der Waals surface area contributed by atoms with Gasteiger partial charge in [-0.3, -0.25) is 4.79 Å². The number of rotatable bonds is 15. The molecule has 51 heavy (non-hydrogen) atoms. The van der Waals surface area contributed by atoms with Crippen LogP contribution in [0.1, 0.15) is 56.3 Å². The molecular weight excluding hydrogens is 678 g/mol. The van der Waals surface area contributed by atoms with E-state index in [1.807, 2.05) is 66.5 Å². The summed E-state index contributed by atoms with van der Waals surface area (Å²) in [5.74, 6) is -0.704. The van der Waals surface area contributed by atoms with Crippen molar-refractivity contribution >= 4 is 35.6 Å². The van der Waals surface area contributed by atoms with E-state index in [0.29, 0.717) is 43.6 Å². The van der Waals surface area contributed by atoms with Gasteiger partial charge in [-0.15, -0.1) is 0 Å². The summed E-state index contributed by atoms with van der Waals surface area (Å²) in [4.78, 5) is 47.9. The van der Waals surface area contributed by atoms with Crippen LogP contribution in [0.2, 0.25) is 5.02 Å². The van der Waals surface area contributed by atoms with Crippen LogP contribution in [0.4, 0.5) is 9.59 Å². The molecule has 4 amide bonds. The van der Waals surface area contributed by atoms with E-state index in [4.69, 9.17) is 26.2 Å².